The molecule has 0 aliphatic heterocycles. The number of halogens is 2. The maximum Gasteiger partial charge on any atom is 0.261 e. The van der Waals surface area contributed by atoms with Crippen molar-refractivity contribution >= 4 is 40.5 Å². The molecule has 0 saturated heterocycles. The van der Waals surface area contributed by atoms with Gasteiger partial charge < -0.3 is 20.7 Å². The van der Waals surface area contributed by atoms with Crippen LogP contribution in [0.1, 0.15) is 10.4 Å². The number of hydrogen-bond donors (Lipinski definition) is 3. The second-order valence-electron chi connectivity index (χ2n) is 9.82. The van der Waals surface area contributed by atoms with Crippen LogP contribution in [0.3, 0.4) is 0 Å². The lowest BCUT2D eigenvalue weighted by atomic mass is 10.1. The van der Waals surface area contributed by atoms with Crippen molar-refractivity contribution in [3.63, 3.8) is 0 Å². The zero-order valence-electron chi connectivity index (χ0n) is 23.8. The standard InChI is InChI=1S/C33H25F2N7O3/c1-45-19-28(43)37-22-9-5-10-23(18-22)39-33-36-15-14-26(40-33)31-30(41-27-13-2-3-16-42(27)31)20-7-4-8-21(17-20)38-32(44)29-24(34)11-6-12-25(29)35/h2-18H,19H2,1H3,(H,37,43)(H,38,44)(H,36,39,40). The summed E-state index contributed by atoms with van der Waals surface area (Å²) in [5, 5.41) is 8.51. The number of amides is 2. The van der Waals surface area contributed by atoms with Gasteiger partial charge in [-0.1, -0.05) is 30.3 Å². The van der Waals surface area contributed by atoms with E-state index in [0.29, 0.717) is 51.3 Å². The van der Waals surface area contributed by atoms with Crippen LogP contribution in [0.5, 0.6) is 0 Å². The number of methoxy groups -OCH3 is 1. The predicted octanol–water partition coefficient (Wildman–Crippen LogP) is 6.32. The Morgan fingerprint density at radius 2 is 1.56 bits per heavy atom. The van der Waals surface area contributed by atoms with Crippen LogP contribution < -0.4 is 16.0 Å². The average Bonchev–Trinajstić information content (AvgIpc) is 3.41. The Labute approximate surface area is 255 Å². The summed E-state index contributed by atoms with van der Waals surface area (Å²) in [5.41, 5.74) is 3.93. The molecule has 0 radical (unpaired) electrons. The third-order valence-corrected chi connectivity index (χ3v) is 6.69. The molecule has 0 spiro atoms. The summed E-state index contributed by atoms with van der Waals surface area (Å²) in [4.78, 5) is 38.7. The van der Waals surface area contributed by atoms with Gasteiger partial charge in [0.05, 0.1) is 17.1 Å². The summed E-state index contributed by atoms with van der Waals surface area (Å²) in [7, 11) is 1.45. The molecule has 0 aliphatic rings. The average molecular weight is 606 g/mol. The molecule has 45 heavy (non-hydrogen) atoms. The van der Waals surface area contributed by atoms with Crippen molar-refractivity contribution in [1.29, 1.82) is 0 Å². The van der Waals surface area contributed by atoms with E-state index in [1.54, 1.807) is 48.7 Å². The quantitative estimate of drug-likeness (QED) is 0.176. The number of benzene rings is 3. The van der Waals surface area contributed by atoms with E-state index in [9.17, 15) is 18.4 Å². The van der Waals surface area contributed by atoms with Gasteiger partial charge in [0.1, 0.15) is 29.5 Å². The molecule has 0 atom stereocenters. The fourth-order valence-corrected chi connectivity index (χ4v) is 4.78. The van der Waals surface area contributed by atoms with Crippen molar-refractivity contribution in [1.82, 2.24) is 19.4 Å². The van der Waals surface area contributed by atoms with E-state index in [0.717, 1.165) is 12.1 Å². The summed E-state index contributed by atoms with van der Waals surface area (Å²) in [6.45, 7) is -0.0656. The van der Waals surface area contributed by atoms with Crippen LogP contribution in [0.15, 0.2) is 103 Å². The fraction of sp³-hybridized carbons (Fsp3) is 0.0606. The second kappa shape index (κ2) is 12.7. The molecule has 3 aromatic heterocycles. The maximum atomic E-state index is 14.2. The minimum absolute atomic E-state index is 0.0656. The van der Waals surface area contributed by atoms with Gasteiger partial charge in [-0.2, -0.15) is 0 Å². The van der Waals surface area contributed by atoms with E-state index in [1.807, 2.05) is 40.9 Å². The molecule has 12 heteroatoms. The number of nitrogens with zero attached hydrogens (tertiary/aromatic N) is 4. The van der Waals surface area contributed by atoms with Crippen molar-refractivity contribution in [3.05, 3.63) is 121 Å². The fourth-order valence-electron chi connectivity index (χ4n) is 4.78. The first-order chi connectivity index (χ1) is 21.9. The first-order valence-electron chi connectivity index (χ1n) is 13.7. The zero-order chi connectivity index (χ0) is 31.3. The van der Waals surface area contributed by atoms with Gasteiger partial charge in [-0.25, -0.2) is 23.7 Å². The van der Waals surface area contributed by atoms with Gasteiger partial charge in [0.2, 0.25) is 11.9 Å². The lowest BCUT2D eigenvalue weighted by molar-refractivity contribution is -0.119. The molecule has 10 nitrogen and oxygen atoms in total. The Morgan fingerprint density at radius 1 is 0.822 bits per heavy atom. The third kappa shape index (κ3) is 6.36. The van der Waals surface area contributed by atoms with E-state index < -0.39 is 23.1 Å². The SMILES string of the molecule is COCC(=O)Nc1cccc(Nc2nccc(-c3c(-c4cccc(NC(=O)c5c(F)cccc5F)c4)nc4ccccn34)n2)c1. The molecule has 0 fully saturated rings. The number of carbonyl (C=O) groups excluding carboxylic acids is 2. The third-order valence-electron chi connectivity index (χ3n) is 6.69. The minimum Gasteiger partial charge on any atom is -0.375 e. The van der Waals surface area contributed by atoms with Crippen molar-refractivity contribution in [2.24, 2.45) is 0 Å². The molecule has 0 aliphatic carbocycles. The van der Waals surface area contributed by atoms with Crippen molar-refractivity contribution < 1.29 is 23.1 Å². The largest absolute Gasteiger partial charge is 0.375 e. The number of carbonyl (C=O) groups is 2. The van der Waals surface area contributed by atoms with Gasteiger partial charge in [-0.15, -0.1) is 0 Å². The number of aromatic nitrogens is 4. The Kier molecular flexibility index (Phi) is 8.20. The van der Waals surface area contributed by atoms with E-state index in [4.69, 9.17) is 14.7 Å². The molecule has 6 aromatic rings. The summed E-state index contributed by atoms with van der Waals surface area (Å²) < 4.78 is 35.2. The van der Waals surface area contributed by atoms with Crippen LogP contribution >= 0.6 is 0 Å². The lowest BCUT2D eigenvalue weighted by Crippen LogP contribution is -2.17. The van der Waals surface area contributed by atoms with Gasteiger partial charge in [-0.3, -0.25) is 14.0 Å². The topological polar surface area (TPSA) is 123 Å². The molecule has 0 bridgehead atoms. The molecule has 224 valence electrons. The van der Waals surface area contributed by atoms with Gasteiger partial charge in [0.25, 0.3) is 5.91 Å². The minimum atomic E-state index is -0.956. The van der Waals surface area contributed by atoms with Crippen LogP contribution in [-0.4, -0.2) is 44.9 Å². The number of hydrogen-bond acceptors (Lipinski definition) is 7. The number of ether oxygens (including phenoxy) is 1. The molecule has 6 rings (SSSR count). The lowest BCUT2D eigenvalue weighted by Gasteiger charge is -2.11. The smallest absolute Gasteiger partial charge is 0.261 e. The molecule has 0 saturated carbocycles. The van der Waals surface area contributed by atoms with Crippen molar-refractivity contribution in [3.8, 4) is 22.6 Å². The highest BCUT2D eigenvalue weighted by Crippen LogP contribution is 2.33. The Balaban J connectivity index is 1.33. The highest BCUT2D eigenvalue weighted by atomic mass is 19.1. The molecular formula is C33H25F2N7O3. The van der Waals surface area contributed by atoms with E-state index in [2.05, 4.69) is 20.9 Å². The number of pyridine rings is 1. The van der Waals surface area contributed by atoms with Crippen LogP contribution in [-0.2, 0) is 9.53 Å². The second-order valence-corrected chi connectivity index (χ2v) is 9.82. The monoisotopic (exact) mass is 605 g/mol. The molecule has 3 heterocycles. The summed E-state index contributed by atoms with van der Waals surface area (Å²) in [6, 6.07) is 24.5. The number of fused-ring (bicyclic) bond motifs is 1. The Bertz CT molecular complexity index is 2030. The summed E-state index contributed by atoms with van der Waals surface area (Å²) in [5.74, 6) is -2.80. The van der Waals surface area contributed by atoms with Gasteiger partial charge in [0.15, 0.2) is 0 Å². The normalized spacial score (nSPS) is 10.9. The van der Waals surface area contributed by atoms with Crippen molar-refractivity contribution in [2.75, 3.05) is 29.7 Å². The van der Waals surface area contributed by atoms with E-state index >= 15 is 0 Å². The summed E-state index contributed by atoms with van der Waals surface area (Å²) in [6.07, 6.45) is 3.47. The number of anilines is 4. The van der Waals surface area contributed by atoms with E-state index in [1.165, 1.54) is 13.2 Å². The summed E-state index contributed by atoms with van der Waals surface area (Å²) >= 11 is 0. The number of rotatable bonds is 9. The predicted molar refractivity (Wildman–Crippen MR) is 166 cm³/mol. The zero-order valence-corrected chi connectivity index (χ0v) is 23.8. The van der Waals surface area contributed by atoms with Gasteiger partial charge in [-0.05, 0) is 60.7 Å². The Hall–Kier alpha value is -6.01. The molecular weight excluding hydrogens is 580 g/mol. The molecule has 3 N–H and O–H groups in total. The van der Waals surface area contributed by atoms with Gasteiger partial charge >= 0.3 is 0 Å². The Morgan fingerprint density at radius 3 is 2.36 bits per heavy atom. The van der Waals surface area contributed by atoms with Gasteiger partial charge in [0, 0.05) is 42.1 Å². The maximum absolute atomic E-state index is 14.2. The first-order valence-corrected chi connectivity index (χ1v) is 13.7. The van der Waals surface area contributed by atoms with Crippen LogP contribution in [0.4, 0.5) is 31.8 Å². The number of nitrogens with one attached hydrogen (secondary N) is 3. The molecule has 0 unspecified atom stereocenters. The highest BCUT2D eigenvalue weighted by Gasteiger charge is 2.20. The highest BCUT2D eigenvalue weighted by molar-refractivity contribution is 6.05. The number of imidazole rings is 1. The van der Waals surface area contributed by atoms with Crippen LogP contribution in [0.2, 0.25) is 0 Å². The molecule has 3 aromatic carbocycles. The first kappa shape index (κ1) is 29.1. The van der Waals surface area contributed by atoms with E-state index in [-0.39, 0.29) is 12.5 Å². The molecule has 2 amide bonds. The van der Waals surface area contributed by atoms with Crippen molar-refractivity contribution in [2.45, 2.75) is 0 Å². The van der Waals surface area contributed by atoms with Crippen LogP contribution in [0.25, 0.3) is 28.3 Å². The van der Waals surface area contributed by atoms with Crippen LogP contribution in [0, 0.1) is 11.6 Å².